The molecule has 2 aromatic rings. The molecule has 0 heterocycles. The van der Waals surface area contributed by atoms with E-state index in [2.05, 4.69) is 0 Å². The maximum absolute atomic E-state index is 13.8. The Kier molecular flexibility index (Phi) is 5.34. The number of benzene rings is 2. The number of ketones is 1. The molecule has 0 aliphatic carbocycles. The van der Waals surface area contributed by atoms with E-state index in [1.807, 2.05) is 11.8 Å². The maximum atomic E-state index is 13.8. The van der Waals surface area contributed by atoms with Gasteiger partial charge in [-0.25, -0.2) is 4.39 Å². The number of halogens is 2. The predicted molar refractivity (Wildman–Crippen MR) is 84.7 cm³/mol. The van der Waals surface area contributed by atoms with Crippen LogP contribution in [0.4, 0.5) is 10.1 Å². The highest BCUT2D eigenvalue weighted by atomic mass is 35.5. The van der Waals surface area contributed by atoms with Crippen molar-refractivity contribution < 1.29 is 9.18 Å². The van der Waals surface area contributed by atoms with Crippen molar-refractivity contribution in [1.82, 2.24) is 0 Å². The third-order valence-electron chi connectivity index (χ3n) is 3.36. The molecule has 0 atom stereocenters. The van der Waals surface area contributed by atoms with Gasteiger partial charge in [0.25, 0.3) is 0 Å². The number of carbonyl (C=O) groups excluding carboxylic acids is 1. The highest BCUT2D eigenvalue weighted by Gasteiger charge is 2.14. The fourth-order valence-corrected chi connectivity index (χ4v) is 2.46. The van der Waals surface area contributed by atoms with Gasteiger partial charge in [0.2, 0.25) is 0 Å². The third-order valence-corrected chi connectivity index (χ3v) is 3.69. The number of nitrogens with zero attached hydrogens (tertiary/aromatic N) is 1. The summed E-state index contributed by atoms with van der Waals surface area (Å²) in [5, 5.41) is 0.455. The van der Waals surface area contributed by atoms with Crippen molar-refractivity contribution in [3.8, 4) is 0 Å². The molecule has 4 heteroatoms. The molecule has 2 aromatic carbocycles. The zero-order valence-corrected chi connectivity index (χ0v) is 12.6. The Morgan fingerprint density at radius 3 is 2.48 bits per heavy atom. The molecule has 0 N–H and O–H groups in total. The van der Waals surface area contributed by atoms with Crippen LogP contribution in [0.5, 0.6) is 0 Å². The molecule has 110 valence electrons. The molecule has 21 heavy (non-hydrogen) atoms. The molecule has 2 nitrogen and oxygen atoms in total. The summed E-state index contributed by atoms with van der Waals surface area (Å²) in [6, 6.07) is 13.6. The van der Waals surface area contributed by atoms with Crippen molar-refractivity contribution in [3.63, 3.8) is 0 Å². The zero-order chi connectivity index (χ0) is 15.2. The average Bonchev–Trinajstić information content (AvgIpc) is 2.49. The van der Waals surface area contributed by atoms with Crippen LogP contribution >= 0.6 is 11.6 Å². The van der Waals surface area contributed by atoms with E-state index in [1.54, 1.807) is 42.5 Å². The Bertz CT molecular complexity index is 630. The number of anilines is 1. The van der Waals surface area contributed by atoms with Crippen LogP contribution in [0.3, 0.4) is 0 Å². The van der Waals surface area contributed by atoms with Gasteiger partial charge in [0.1, 0.15) is 5.82 Å². The van der Waals surface area contributed by atoms with Gasteiger partial charge in [0, 0.05) is 25.1 Å². The molecule has 0 saturated heterocycles. The Hall–Kier alpha value is -1.87. The van der Waals surface area contributed by atoms with Gasteiger partial charge in [0.05, 0.1) is 10.7 Å². The van der Waals surface area contributed by atoms with Gasteiger partial charge in [0.15, 0.2) is 5.78 Å². The highest BCUT2D eigenvalue weighted by Crippen LogP contribution is 2.20. The molecule has 0 aliphatic rings. The molecule has 0 bridgehead atoms. The molecule has 0 amide bonds. The molecule has 0 unspecified atom stereocenters. The summed E-state index contributed by atoms with van der Waals surface area (Å²) in [6.07, 6.45) is 0.298. The lowest BCUT2D eigenvalue weighted by Gasteiger charge is -2.23. The van der Waals surface area contributed by atoms with Gasteiger partial charge in [-0.15, -0.1) is 0 Å². The van der Waals surface area contributed by atoms with Crippen molar-refractivity contribution >= 4 is 23.1 Å². The minimum Gasteiger partial charge on any atom is -0.369 e. The third kappa shape index (κ3) is 3.82. The van der Waals surface area contributed by atoms with E-state index < -0.39 is 0 Å². The monoisotopic (exact) mass is 305 g/mol. The van der Waals surface area contributed by atoms with Crippen LogP contribution < -0.4 is 4.90 Å². The van der Waals surface area contributed by atoms with Gasteiger partial charge < -0.3 is 4.90 Å². The van der Waals surface area contributed by atoms with Gasteiger partial charge >= 0.3 is 0 Å². The van der Waals surface area contributed by atoms with Crippen LogP contribution in [0.15, 0.2) is 48.5 Å². The number of carbonyl (C=O) groups is 1. The fourth-order valence-electron chi connectivity index (χ4n) is 2.22. The van der Waals surface area contributed by atoms with E-state index in [4.69, 9.17) is 11.6 Å². The summed E-state index contributed by atoms with van der Waals surface area (Å²) in [6.45, 7) is 3.03. The number of Topliss-reactive ketones (excluding diaryl/α,β-unsaturated/α-hetero) is 1. The molecular weight excluding hydrogens is 289 g/mol. The molecular formula is C17H17ClFNO. The summed E-state index contributed by atoms with van der Waals surface area (Å²) in [4.78, 5) is 14.0. The lowest BCUT2D eigenvalue weighted by Crippen LogP contribution is -2.26. The first kappa shape index (κ1) is 15.5. The molecule has 0 radical (unpaired) electrons. The lowest BCUT2D eigenvalue weighted by atomic mass is 10.1. The Morgan fingerprint density at radius 2 is 1.81 bits per heavy atom. The van der Waals surface area contributed by atoms with Crippen LogP contribution in [-0.2, 0) is 0 Å². The Labute approximate surface area is 129 Å². The fraction of sp³-hybridized carbons (Fsp3) is 0.235. The van der Waals surface area contributed by atoms with Crippen LogP contribution in [0.2, 0.25) is 5.02 Å². The summed E-state index contributed by atoms with van der Waals surface area (Å²) < 4.78 is 13.8. The molecule has 2 rings (SSSR count). The van der Waals surface area contributed by atoms with E-state index in [0.717, 1.165) is 0 Å². The van der Waals surface area contributed by atoms with Crippen molar-refractivity contribution in [2.45, 2.75) is 13.3 Å². The van der Waals surface area contributed by atoms with Crippen molar-refractivity contribution in [2.24, 2.45) is 0 Å². The Morgan fingerprint density at radius 1 is 1.14 bits per heavy atom. The normalized spacial score (nSPS) is 10.4. The average molecular weight is 306 g/mol. The first-order valence-corrected chi connectivity index (χ1v) is 7.28. The second-order valence-corrected chi connectivity index (χ2v) is 5.09. The van der Waals surface area contributed by atoms with Crippen LogP contribution in [0.25, 0.3) is 0 Å². The summed E-state index contributed by atoms with van der Waals surface area (Å²) in [5.74, 6) is -0.306. The van der Waals surface area contributed by atoms with Gasteiger partial charge in [-0.1, -0.05) is 35.9 Å². The second kappa shape index (κ2) is 7.23. The summed E-state index contributed by atoms with van der Waals surface area (Å²) in [7, 11) is 0. The van der Waals surface area contributed by atoms with Crippen molar-refractivity contribution in [1.29, 1.82) is 0 Å². The van der Waals surface area contributed by atoms with Crippen LogP contribution in [0, 0.1) is 5.82 Å². The highest BCUT2D eigenvalue weighted by molar-refractivity contribution is 6.33. The van der Waals surface area contributed by atoms with Gasteiger partial charge in [-0.3, -0.25) is 4.79 Å². The topological polar surface area (TPSA) is 20.3 Å². The standard InChI is InChI=1S/C17H17ClFNO/c1-2-20(16-10-6-5-9-15(16)19)12-11-17(21)13-7-3-4-8-14(13)18/h3-10H,2,11-12H2,1H3. The van der Waals surface area contributed by atoms with Crippen LogP contribution in [-0.4, -0.2) is 18.9 Å². The largest absolute Gasteiger partial charge is 0.369 e. The lowest BCUT2D eigenvalue weighted by molar-refractivity contribution is 0.0985. The number of hydrogen-bond donors (Lipinski definition) is 0. The van der Waals surface area contributed by atoms with Gasteiger partial charge in [-0.05, 0) is 31.2 Å². The zero-order valence-electron chi connectivity index (χ0n) is 11.9. The SMILES string of the molecule is CCN(CCC(=O)c1ccccc1Cl)c1ccccc1F. The van der Waals surface area contributed by atoms with Gasteiger partial charge in [-0.2, -0.15) is 0 Å². The first-order chi connectivity index (χ1) is 10.1. The first-order valence-electron chi connectivity index (χ1n) is 6.90. The molecule has 0 fully saturated rings. The number of rotatable bonds is 6. The van der Waals surface area contributed by atoms with Crippen molar-refractivity contribution in [3.05, 3.63) is 64.9 Å². The molecule has 0 spiro atoms. The minimum absolute atomic E-state index is 0.0320. The smallest absolute Gasteiger partial charge is 0.166 e. The number of hydrogen-bond acceptors (Lipinski definition) is 2. The second-order valence-electron chi connectivity index (χ2n) is 4.68. The molecule has 0 saturated carbocycles. The van der Waals surface area contributed by atoms with Crippen LogP contribution in [0.1, 0.15) is 23.7 Å². The van der Waals surface area contributed by atoms with E-state index >= 15 is 0 Å². The quantitative estimate of drug-likeness (QED) is 0.728. The maximum Gasteiger partial charge on any atom is 0.166 e. The summed E-state index contributed by atoms with van der Waals surface area (Å²) in [5.41, 5.74) is 1.04. The molecule has 0 aromatic heterocycles. The van der Waals surface area contributed by atoms with Crippen molar-refractivity contribution in [2.75, 3.05) is 18.0 Å². The summed E-state index contributed by atoms with van der Waals surface area (Å²) >= 11 is 6.02. The predicted octanol–water partition coefficient (Wildman–Crippen LogP) is 4.58. The van der Waals surface area contributed by atoms with E-state index in [9.17, 15) is 9.18 Å². The van der Waals surface area contributed by atoms with E-state index in [0.29, 0.717) is 35.8 Å². The molecule has 0 aliphatic heterocycles. The van der Waals surface area contributed by atoms with E-state index in [-0.39, 0.29) is 11.6 Å². The minimum atomic E-state index is -0.274. The Balaban J connectivity index is 2.06. The number of para-hydroxylation sites is 1. The van der Waals surface area contributed by atoms with E-state index in [1.165, 1.54) is 6.07 Å².